The van der Waals surface area contributed by atoms with Crippen molar-refractivity contribution in [2.75, 3.05) is 5.84 Å². The normalized spacial score (nSPS) is 10.5. The molecule has 0 aliphatic heterocycles. The van der Waals surface area contributed by atoms with E-state index in [4.69, 9.17) is 5.84 Å². The average Bonchev–Trinajstić information content (AvgIpc) is 2.15. The van der Waals surface area contributed by atoms with Gasteiger partial charge in [-0.2, -0.15) is 0 Å². The number of halogens is 1. The number of hydrogen-bond donors (Lipinski definition) is 1. The lowest BCUT2D eigenvalue weighted by atomic mass is 10.2. The monoisotopic (exact) mass is 238 g/mol. The fraction of sp³-hybridized carbons (Fsp3) is 0. The third-order valence-corrected chi connectivity index (χ3v) is 2.53. The van der Waals surface area contributed by atoms with E-state index >= 15 is 0 Å². The van der Waals surface area contributed by atoms with Gasteiger partial charge in [0.1, 0.15) is 0 Å². The van der Waals surface area contributed by atoms with Gasteiger partial charge in [0.05, 0.1) is 5.39 Å². The first-order chi connectivity index (χ1) is 6.20. The average molecular weight is 239 g/mol. The van der Waals surface area contributed by atoms with E-state index in [2.05, 4.69) is 15.9 Å². The Labute approximate surface area is 82.9 Å². The third-order valence-electron chi connectivity index (χ3n) is 1.90. The molecule has 1 heterocycles. The zero-order valence-electron chi connectivity index (χ0n) is 6.70. The number of aromatic nitrogens is 1. The topological polar surface area (TPSA) is 48.0 Å². The first-order valence-electron chi connectivity index (χ1n) is 3.75. The second-order valence-corrected chi connectivity index (χ2v) is 3.59. The van der Waals surface area contributed by atoms with Crippen LogP contribution in [-0.2, 0) is 0 Å². The summed E-state index contributed by atoms with van der Waals surface area (Å²) >= 11 is 3.34. The molecule has 0 amide bonds. The predicted octanol–water partition coefficient (Wildman–Crippen LogP) is 1.48. The Morgan fingerprint density at radius 1 is 1.23 bits per heavy atom. The van der Waals surface area contributed by atoms with Crippen LogP contribution in [0.15, 0.2) is 39.7 Å². The highest BCUT2D eigenvalue weighted by Crippen LogP contribution is 2.19. The van der Waals surface area contributed by atoms with Gasteiger partial charge in [0.25, 0.3) is 5.56 Å². The second-order valence-electron chi connectivity index (χ2n) is 2.74. The molecule has 1 aromatic heterocycles. The van der Waals surface area contributed by atoms with Crippen molar-refractivity contribution >= 4 is 26.7 Å². The zero-order valence-corrected chi connectivity index (χ0v) is 8.28. The van der Waals surface area contributed by atoms with Crippen molar-refractivity contribution in [1.29, 1.82) is 0 Å². The van der Waals surface area contributed by atoms with E-state index in [-0.39, 0.29) is 5.56 Å². The highest BCUT2D eigenvalue weighted by Gasteiger charge is 2.03. The third kappa shape index (κ3) is 1.23. The van der Waals surface area contributed by atoms with Crippen LogP contribution in [0.25, 0.3) is 10.8 Å². The Morgan fingerprint density at radius 3 is 2.54 bits per heavy atom. The molecule has 2 N–H and O–H groups in total. The Morgan fingerprint density at radius 2 is 1.85 bits per heavy atom. The van der Waals surface area contributed by atoms with Gasteiger partial charge in [-0.25, -0.2) is 4.68 Å². The van der Waals surface area contributed by atoms with E-state index in [0.717, 1.165) is 14.5 Å². The molecule has 0 saturated heterocycles. The smallest absolute Gasteiger partial charge is 0.276 e. The molecule has 0 spiro atoms. The van der Waals surface area contributed by atoms with Crippen LogP contribution in [0.1, 0.15) is 0 Å². The van der Waals surface area contributed by atoms with Gasteiger partial charge < -0.3 is 5.84 Å². The molecular formula is C9H7BrN2O. The van der Waals surface area contributed by atoms with Crippen LogP contribution in [0.3, 0.4) is 0 Å². The zero-order chi connectivity index (χ0) is 9.42. The van der Waals surface area contributed by atoms with E-state index in [1.165, 1.54) is 0 Å². The molecule has 0 fully saturated rings. The van der Waals surface area contributed by atoms with Crippen molar-refractivity contribution in [3.05, 3.63) is 45.3 Å². The van der Waals surface area contributed by atoms with Gasteiger partial charge in [0, 0.05) is 16.1 Å². The summed E-state index contributed by atoms with van der Waals surface area (Å²) in [6.45, 7) is 0. The number of fused-ring (bicyclic) bond motifs is 1. The van der Waals surface area contributed by atoms with E-state index in [9.17, 15) is 4.79 Å². The minimum atomic E-state index is -0.182. The summed E-state index contributed by atoms with van der Waals surface area (Å²) in [5, 5.41) is 1.51. The number of nitrogens with zero attached hydrogens (tertiary/aromatic N) is 1. The van der Waals surface area contributed by atoms with Gasteiger partial charge in [-0.3, -0.25) is 4.79 Å². The quantitative estimate of drug-likeness (QED) is 0.708. The van der Waals surface area contributed by atoms with Gasteiger partial charge in [0.2, 0.25) is 0 Å². The Bertz CT molecular complexity index is 518. The standard InChI is InChI=1S/C9H7BrN2O/c10-8-5-12(11)9(13)7-4-2-1-3-6(7)8/h1-5H,11H2. The molecule has 66 valence electrons. The van der Waals surface area contributed by atoms with E-state index in [1.54, 1.807) is 12.3 Å². The molecule has 0 radical (unpaired) electrons. The Balaban J connectivity index is 3.06. The van der Waals surface area contributed by atoms with Gasteiger partial charge in [-0.15, -0.1) is 0 Å². The van der Waals surface area contributed by atoms with Gasteiger partial charge in [0.15, 0.2) is 0 Å². The lowest BCUT2D eigenvalue weighted by Crippen LogP contribution is -2.26. The van der Waals surface area contributed by atoms with Crippen LogP contribution in [0.2, 0.25) is 0 Å². The van der Waals surface area contributed by atoms with Crippen molar-refractivity contribution in [2.45, 2.75) is 0 Å². The van der Waals surface area contributed by atoms with E-state index in [0.29, 0.717) is 5.39 Å². The minimum absolute atomic E-state index is 0.182. The summed E-state index contributed by atoms with van der Waals surface area (Å²) in [4.78, 5) is 11.5. The second kappa shape index (κ2) is 2.88. The van der Waals surface area contributed by atoms with Crippen LogP contribution in [-0.4, -0.2) is 4.68 Å². The molecule has 2 rings (SSSR count). The molecule has 0 aliphatic rings. The maximum Gasteiger partial charge on any atom is 0.276 e. The fourth-order valence-electron chi connectivity index (χ4n) is 1.27. The summed E-state index contributed by atoms with van der Waals surface area (Å²) in [6, 6.07) is 7.33. The largest absolute Gasteiger partial charge is 0.336 e. The van der Waals surface area contributed by atoms with Crippen LogP contribution < -0.4 is 11.4 Å². The van der Waals surface area contributed by atoms with Gasteiger partial charge >= 0.3 is 0 Å². The first-order valence-corrected chi connectivity index (χ1v) is 4.54. The lowest BCUT2D eigenvalue weighted by Gasteiger charge is -2.02. The number of benzene rings is 1. The Kier molecular flexibility index (Phi) is 1.84. The molecule has 0 aliphatic carbocycles. The van der Waals surface area contributed by atoms with E-state index in [1.807, 2.05) is 18.2 Å². The number of hydrogen-bond acceptors (Lipinski definition) is 2. The van der Waals surface area contributed by atoms with Crippen molar-refractivity contribution in [3.8, 4) is 0 Å². The molecule has 4 heteroatoms. The maximum atomic E-state index is 11.5. The number of nitrogens with two attached hydrogens (primary N) is 1. The maximum absolute atomic E-state index is 11.5. The molecule has 0 saturated carbocycles. The van der Waals surface area contributed by atoms with Gasteiger partial charge in [-0.1, -0.05) is 18.2 Å². The summed E-state index contributed by atoms with van der Waals surface area (Å²) in [7, 11) is 0. The van der Waals surface area contributed by atoms with Crippen LogP contribution in [0.5, 0.6) is 0 Å². The van der Waals surface area contributed by atoms with Crippen LogP contribution >= 0.6 is 15.9 Å². The number of rotatable bonds is 0. The van der Waals surface area contributed by atoms with Crippen molar-refractivity contribution in [1.82, 2.24) is 4.68 Å². The van der Waals surface area contributed by atoms with Crippen molar-refractivity contribution < 1.29 is 0 Å². The van der Waals surface area contributed by atoms with E-state index < -0.39 is 0 Å². The summed E-state index contributed by atoms with van der Waals surface area (Å²) in [6.07, 6.45) is 1.56. The Hall–Kier alpha value is -1.29. The molecular weight excluding hydrogens is 232 g/mol. The molecule has 0 unspecified atom stereocenters. The molecule has 0 atom stereocenters. The summed E-state index contributed by atoms with van der Waals surface area (Å²) < 4.78 is 1.90. The van der Waals surface area contributed by atoms with Crippen molar-refractivity contribution in [3.63, 3.8) is 0 Å². The molecule has 2 aromatic rings. The predicted molar refractivity (Wildman–Crippen MR) is 56.1 cm³/mol. The van der Waals surface area contributed by atoms with Crippen molar-refractivity contribution in [2.24, 2.45) is 0 Å². The fourth-order valence-corrected chi connectivity index (χ4v) is 1.83. The lowest BCUT2D eigenvalue weighted by molar-refractivity contribution is 0.948. The molecule has 0 bridgehead atoms. The molecule has 3 nitrogen and oxygen atoms in total. The summed E-state index contributed by atoms with van der Waals surface area (Å²) in [5.74, 6) is 5.46. The minimum Gasteiger partial charge on any atom is -0.336 e. The first kappa shape index (κ1) is 8.31. The number of pyridine rings is 1. The highest BCUT2D eigenvalue weighted by atomic mass is 79.9. The summed E-state index contributed by atoms with van der Waals surface area (Å²) in [5.41, 5.74) is -0.182. The van der Waals surface area contributed by atoms with Gasteiger partial charge in [-0.05, 0) is 22.0 Å². The van der Waals surface area contributed by atoms with Crippen LogP contribution in [0.4, 0.5) is 0 Å². The molecule has 13 heavy (non-hydrogen) atoms. The number of nitrogen functional groups attached to an aromatic ring is 1. The highest BCUT2D eigenvalue weighted by molar-refractivity contribution is 9.10. The SMILES string of the molecule is Nn1cc(Br)c2ccccc2c1=O. The molecule has 1 aromatic carbocycles. The van der Waals surface area contributed by atoms with Crippen LogP contribution in [0, 0.1) is 0 Å².